The maximum Gasteiger partial charge on any atom is 0.241 e. The van der Waals surface area contributed by atoms with E-state index in [0.29, 0.717) is 19.0 Å². The monoisotopic (exact) mass is 261 g/mol. The van der Waals surface area contributed by atoms with E-state index in [9.17, 15) is 4.79 Å². The first-order valence-corrected chi connectivity index (χ1v) is 6.50. The number of likely N-dealkylation sites (N-methyl/N-ethyl adjacent to an activating group) is 1. The van der Waals surface area contributed by atoms with E-state index in [1.54, 1.807) is 11.2 Å². The molecule has 0 bridgehead atoms. The third-order valence-electron chi connectivity index (χ3n) is 3.47. The molecule has 1 aliphatic rings. The van der Waals surface area contributed by atoms with Crippen LogP contribution in [0.15, 0.2) is 22.8 Å². The number of amides is 1. The second kappa shape index (κ2) is 5.89. The Morgan fingerprint density at radius 3 is 2.95 bits per heavy atom. The molecule has 1 aromatic rings. The Morgan fingerprint density at radius 1 is 1.53 bits per heavy atom. The lowest BCUT2D eigenvalue weighted by atomic mass is 10.1. The highest BCUT2D eigenvalue weighted by Crippen LogP contribution is 2.18. The quantitative estimate of drug-likeness (QED) is 0.826. The number of carbonyl (C=O) groups excluding carboxylic acids is 1. The fraction of sp³-hybridized carbons (Fsp3) is 0.571. The van der Waals surface area contributed by atoms with Crippen LogP contribution in [0.3, 0.4) is 0 Å². The van der Waals surface area contributed by atoms with Gasteiger partial charge < -0.3 is 9.32 Å². The van der Waals surface area contributed by atoms with Gasteiger partial charge in [0.25, 0.3) is 0 Å². The van der Waals surface area contributed by atoms with Crippen molar-refractivity contribution in [1.29, 1.82) is 5.26 Å². The van der Waals surface area contributed by atoms with Crippen LogP contribution in [0.2, 0.25) is 0 Å². The Kier molecular flexibility index (Phi) is 4.23. The molecule has 0 N–H and O–H groups in total. The first-order chi connectivity index (χ1) is 9.11. The Bertz CT molecular complexity index is 464. The minimum Gasteiger partial charge on any atom is -0.467 e. The van der Waals surface area contributed by atoms with Crippen molar-refractivity contribution in [2.24, 2.45) is 5.92 Å². The second-order valence-electron chi connectivity index (χ2n) is 5.22. The highest BCUT2D eigenvalue weighted by molar-refractivity contribution is 5.82. The van der Waals surface area contributed by atoms with Gasteiger partial charge in [-0.1, -0.05) is 6.92 Å². The normalized spacial score (nSPS) is 25.1. The standard InChI is InChI=1S/C14H19N3O2/c1-11-8-16(2)13(5-6-15)14(18)17(9-11)10-12-4-3-7-19-12/h3-4,7,11,13H,5,8-10H2,1-2H3. The van der Waals surface area contributed by atoms with Gasteiger partial charge in [0.15, 0.2) is 0 Å². The number of hydrogen-bond donors (Lipinski definition) is 0. The van der Waals surface area contributed by atoms with Crippen molar-refractivity contribution in [3.63, 3.8) is 0 Å². The minimum absolute atomic E-state index is 0.0183. The van der Waals surface area contributed by atoms with E-state index in [1.807, 2.05) is 24.1 Å². The average Bonchev–Trinajstić information content (AvgIpc) is 2.83. The lowest BCUT2D eigenvalue weighted by Crippen LogP contribution is -2.43. The summed E-state index contributed by atoms with van der Waals surface area (Å²) in [5, 5.41) is 8.89. The van der Waals surface area contributed by atoms with Crippen molar-refractivity contribution < 1.29 is 9.21 Å². The van der Waals surface area contributed by atoms with Crippen molar-refractivity contribution in [3.8, 4) is 6.07 Å². The number of rotatable bonds is 3. The zero-order valence-corrected chi connectivity index (χ0v) is 11.4. The fourth-order valence-electron chi connectivity index (χ4n) is 2.60. The number of carbonyl (C=O) groups is 1. The first-order valence-electron chi connectivity index (χ1n) is 6.50. The van der Waals surface area contributed by atoms with Gasteiger partial charge in [0, 0.05) is 13.1 Å². The number of furan rings is 1. The van der Waals surface area contributed by atoms with Crippen molar-refractivity contribution in [1.82, 2.24) is 9.80 Å². The van der Waals surface area contributed by atoms with Crippen molar-refractivity contribution in [2.45, 2.75) is 25.9 Å². The van der Waals surface area contributed by atoms with Gasteiger partial charge in [0.1, 0.15) is 11.8 Å². The van der Waals surface area contributed by atoms with E-state index in [0.717, 1.165) is 12.3 Å². The molecule has 1 saturated heterocycles. The summed E-state index contributed by atoms with van der Waals surface area (Å²) in [6, 6.07) is 5.45. The van der Waals surface area contributed by atoms with Crippen LogP contribution in [0, 0.1) is 17.2 Å². The zero-order chi connectivity index (χ0) is 13.8. The highest BCUT2D eigenvalue weighted by Gasteiger charge is 2.33. The van der Waals surface area contributed by atoms with Gasteiger partial charge in [-0.05, 0) is 25.1 Å². The van der Waals surface area contributed by atoms with Gasteiger partial charge in [-0.3, -0.25) is 9.69 Å². The lowest BCUT2D eigenvalue weighted by molar-refractivity contribution is -0.135. The van der Waals surface area contributed by atoms with Crippen LogP contribution in [0.1, 0.15) is 19.1 Å². The third-order valence-corrected chi connectivity index (χ3v) is 3.47. The summed E-state index contributed by atoms with van der Waals surface area (Å²) in [5.41, 5.74) is 0. The predicted molar refractivity (Wildman–Crippen MR) is 69.9 cm³/mol. The molecule has 2 atom stereocenters. The topological polar surface area (TPSA) is 60.5 Å². The Balaban J connectivity index is 2.16. The van der Waals surface area contributed by atoms with E-state index >= 15 is 0 Å². The molecule has 0 radical (unpaired) electrons. The molecule has 5 heteroatoms. The summed E-state index contributed by atoms with van der Waals surface area (Å²) in [6.07, 6.45) is 1.84. The molecule has 102 valence electrons. The largest absolute Gasteiger partial charge is 0.467 e. The highest BCUT2D eigenvalue weighted by atomic mass is 16.3. The molecule has 2 heterocycles. The average molecular weight is 261 g/mol. The van der Waals surface area contributed by atoms with Gasteiger partial charge in [-0.2, -0.15) is 5.26 Å². The zero-order valence-electron chi connectivity index (χ0n) is 11.4. The van der Waals surface area contributed by atoms with Gasteiger partial charge >= 0.3 is 0 Å². The van der Waals surface area contributed by atoms with E-state index in [1.165, 1.54) is 0 Å². The predicted octanol–water partition coefficient (Wildman–Crippen LogP) is 1.47. The van der Waals surface area contributed by atoms with Crippen LogP contribution < -0.4 is 0 Å². The second-order valence-corrected chi connectivity index (χ2v) is 5.22. The fourth-order valence-corrected chi connectivity index (χ4v) is 2.60. The van der Waals surface area contributed by atoms with E-state index in [2.05, 4.69) is 13.0 Å². The molecule has 5 nitrogen and oxygen atoms in total. The number of nitrogens with zero attached hydrogens (tertiary/aromatic N) is 3. The van der Waals surface area contributed by atoms with E-state index < -0.39 is 0 Å². The molecule has 1 aromatic heterocycles. The molecule has 2 unspecified atom stereocenters. The van der Waals surface area contributed by atoms with Gasteiger partial charge in [0.05, 0.1) is 25.3 Å². The Morgan fingerprint density at radius 2 is 2.32 bits per heavy atom. The number of hydrogen-bond acceptors (Lipinski definition) is 4. The number of nitriles is 1. The smallest absolute Gasteiger partial charge is 0.241 e. The van der Waals surface area contributed by atoms with Crippen molar-refractivity contribution in [2.75, 3.05) is 20.1 Å². The first kappa shape index (κ1) is 13.6. The van der Waals surface area contributed by atoms with Crippen LogP contribution in [0.5, 0.6) is 0 Å². The van der Waals surface area contributed by atoms with Crippen molar-refractivity contribution >= 4 is 5.91 Å². The molecule has 1 aliphatic heterocycles. The molecular weight excluding hydrogens is 242 g/mol. The lowest BCUT2D eigenvalue weighted by Gasteiger charge is -2.25. The van der Waals surface area contributed by atoms with Crippen LogP contribution >= 0.6 is 0 Å². The molecule has 0 saturated carbocycles. The van der Waals surface area contributed by atoms with Crippen molar-refractivity contribution in [3.05, 3.63) is 24.2 Å². The van der Waals surface area contributed by atoms with E-state index in [-0.39, 0.29) is 18.4 Å². The summed E-state index contributed by atoms with van der Waals surface area (Å²) < 4.78 is 5.31. The summed E-state index contributed by atoms with van der Waals surface area (Å²) in [5.74, 6) is 1.18. The SMILES string of the molecule is CC1CN(Cc2ccco2)C(=O)C(CC#N)N(C)C1. The summed E-state index contributed by atoms with van der Waals surface area (Å²) in [4.78, 5) is 16.3. The molecule has 0 aliphatic carbocycles. The Hall–Kier alpha value is -1.80. The molecule has 1 amide bonds. The van der Waals surface area contributed by atoms with Gasteiger partial charge in [-0.15, -0.1) is 0 Å². The Labute approximate surface area is 113 Å². The van der Waals surface area contributed by atoms with Gasteiger partial charge in [-0.25, -0.2) is 0 Å². The molecule has 0 aromatic carbocycles. The van der Waals surface area contributed by atoms with Crippen LogP contribution in [0.4, 0.5) is 0 Å². The van der Waals surface area contributed by atoms with Gasteiger partial charge in [0.2, 0.25) is 5.91 Å². The van der Waals surface area contributed by atoms with Crippen LogP contribution in [-0.2, 0) is 11.3 Å². The van der Waals surface area contributed by atoms with Crippen LogP contribution in [-0.4, -0.2) is 41.9 Å². The molecule has 19 heavy (non-hydrogen) atoms. The molecule has 0 spiro atoms. The molecule has 1 fully saturated rings. The third kappa shape index (κ3) is 3.15. The summed E-state index contributed by atoms with van der Waals surface area (Å²) in [6.45, 7) is 4.12. The summed E-state index contributed by atoms with van der Waals surface area (Å²) in [7, 11) is 1.91. The summed E-state index contributed by atoms with van der Waals surface area (Å²) >= 11 is 0. The maximum absolute atomic E-state index is 12.5. The maximum atomic E-state index is 12.5. The molecule has 2 rings (SSSR count). The molecular formula is C14H19N3O2. The minimum atomic E-state index is -0.343. The van der Waals surface area contributed by atoms with Crippen LogP contribution in [0.25, 0.3) is 0 Å². The van der Waals surface area contributed by atoms with E-state index in [4.69, 9.17) is 9.68 Å².